The smallest absolute Gasteiger partial charge is 0.0189 e. The summed E-state index contributed by atoms with van der Waals surface area (Å²) in [6.07, 6.45) is 0. The van der Waals surface area contributed by atoms with Crippen molar-refractivity contribution in [3.63, 3.8) is 0 Å². The molecule has 2 N–H and O–H groups in total. The molecule has 17 heavy (non-hydrogen) atoms. The van der Waals surface area contributed by atoms with E-state index in [2.05, 4.69) is 65.3 Å². The van der Waals surface area contributed by atoms with Crippen LogP contribution < -0.4 is 5.73 Å². The molecular weight excluding hydrogens is 294 g/mol. The van der Waals surface area contributed by atoms with Gasteiger partial charge in [-0.15, -0.1) is 0 Å². The Kier molecular flexibility index (Phi) is 4.26. The molecule has 0 saturated heterocycles. The molecule has 88 valence electrons. The Hall–Kier alpha value is -0.770. The highest BCUT2D eigenvalue weighted by molar-refractivity contribution is 9.10. The van der Waals surface area contributed by atoms with Crippen molar-refractivity contribution in [2.45, 2.75) is 23.3 Å². The van der Waals surface area contributed by atoms with Crippen LogP contribution in [-0.4, -0.2) is 0 Å². The third-order valence-corrected chi connectivity index (χ3v) is 3.86. The molecule has 0 aliphatic carbocycles. The van der Waals surface area contributed by atoms with Crippen LogP contribution >= 0.6 is 27.7 Å². The van der Waals surface area contributed by atoms with Gasteiger partial charge < -0.3 is 5.73 Å². The highest BCUT2D eigenvalue weighted by Gasteiger charge is 2.01. The molecule has 0 radical (unpaired) electrons. The number of hydrogen-bond donors (Lipinski definition) is 1. The number of halogens is 1. The van der Waals surface area contributed by atoms with Gasteiger partial charge in [0.05, 0.1) is 0 Å². The molecule has 2 aromatic carbocycles. The van der Waals surface area contributed by atoms with Crippen molar-refractivity contribution >= 4 is 27.7 Å². The molecule has 0 unspecified atom stereocenters. The largest absolute Gasteiger partial charge is 0.326 e. The van der Waals surface area contributed by atoms with Crippen LogP contribution in [0.5, 0.6) is 0 Å². The lowest BCUT2D eigenvalue weighted by Crippen LogP contribution is -1.96. The van der Waals surface area contributed by atoms with Gasteiger partial charge in [0.25, 0.3) is 0 Å². The quantitative estimate of drug-likeness (QED) is 0.911. The van der Waals surface area contributed by atoms with Gasteiger partial charge in [0, 0.05) is 20.8 Å². The fourth-order valence-corrected chi connectivity index (χ4v) is 3.17. The normalized spacial score (nSPS) is 10.5. The monoisotopic (exact) mass is 307 g/mol. The van der Waals surface area contributed by atoms with Crippen molar-refractivity contribution in [1.29, 1.82) is 0 Å². The third kappa shape index (κ3) is 3.60. The van der Waals surface area contributed by atoms with Crippen LogP contribution in [0.25, 0.3) is 0 Å². The van der Waals surface area contributed by atoms with Gasteiger partial charge >= 0.3 is 0 Å². The van der Waals surface area contributed by atoms with E-state index < -0.39 is 0 Å². The van der Waals surface area contributed by atoms with E-state index in [0.717, 1.165) is 10.0 Å². The second-order valence-corrected chi connectivity index (χ2v) is 5.98. The Morgan fingerprint density at radius 1 is 1.06 bits per heavy atom. The van der Waals surface area contributed by atoms with Crippen LogP contribution in [0.3, 0.4) is 0 Å². The van der Waals surface area contributed by atoms with Gasteiger partial charge in [-0.1, -0.05) is 45.4 Å². The first-order chi connectivity index (χ1) is 8.17. The van der Waals surface area contributed by atoms with Gasteiger partial charge in [0.15, 0.2) is 0 Å². The summed E-state index contributed by atoms with van der Waals surface area (Å²) < 4.78 is 1.08. The Morgan fingerprint density at radius 3 is 2.41 bits per heavy atom. The van der Waals surface area contributed by atoms with Crippen molar-refractivity contribution in [1.82, 2.24) is 0 Å². The molecule has 1 nitrogen and oxygen atoms in total. The maximum Gasteiger partial charge on any atom is 0.0189 e. The molecule has 0 heterocycles. The lowest BCUT2D eigenvalue weighted by Gasteiger charge is -2.05. The van der Waals surface area contributed by atoms with E-state index in [9.17, 15) is 0 Å². The number of nitrogens with two attached hydrogens (primary N) is 1. The molecule has 0 atom stereocenters. The van der Waals surface area contributed by atoms with E-state index in [4.69, 9.17) is 5.73 Å². The lowest BCUT2D eigenvalue weighted by atomic mass is 10.2. The standard InChI is InChI=1S/C14H14BrNS/c1-10-2-4-13(5-3-10)17-14-7-11(9-16)6-12(15)8-14/h2-8H,9,16H2,1H3. The van der Waals surface area contributed by atoms with E-state index in [0.29, 0.717) is 6.54 Å². The van der Waals surface area contributed by atoms with Crippen LogP contribution in [0.4, 0.5) is 0 Å². The Balaban J connectivity index is 2.23. The molecule has 0 saturated carbocycles. The van der Waals surface area contributed by atoms with Crippen LogP contribution in [-0.2, 0) is 6.54 Å². The van der Waals surface area contributed by atoms with Crippen molar-refractivity contribution in [2.75, 3.05) is 0 Å². The van der Waals surface area contributed by atoms with Crippen LogP contribution in [0, 0.1) is 6.92 Å². The van der Waals surface area contributed by atoms with Gasteiger partial charge in [-0.25, -0.2) is 0 Å². The first kappa shape index (κ1) is 12.7. The molecule has 0 amide bonds. The van der Waals surface area contributed by atoms with Gasteiger partial charge in [0.1, 0.15) is 0 Å². The fraction of sp³-hybridized carbons (Fsp3) is 0.143. The zero-order chi connectivity index (χ0) is 12.3. The molecule has 2 aromatic rings. The number of hydrogen-bond acceptors (Lipinski definition) is 2. The summed E-state index contributed by atoms with van der Waals surface area (Å²) in [5.41, 5.74) is 8.10. The predicted molar refractivity (Wildman–Crippen MR) is 77.3 cm³/mol. The summed E-state index contributed by atoms with van der Waals surface area (Å²) in [7, 11) is 0. The Labute approximate surface area is 115 Å². The Morgan fingerprint density at radius 2 is 1.76 bits per heavy atom. The second-order valence-electron chi connectivity index (χ2n) is 3.91. The highest BCUT2D eigenvalue weighted by atomic mass is 79.9. The van der Waals surface area contributed by atoms with Crippen molar-refractivity contribution in [2.24, 2.45) is 5.73 Å². The zero-order valence-electron chi connectivity index (χ0n) is 9.61. The van der Waals surface area contributed by atoms with Gasteiger partial charge in [0.2, 0.25) is 0 Å². The van der Waals surface area contributed by atoms with Gasteiger partial charge in [-0.2, -0.15) is 0 Å². The molecule has 3 heteroatoms. The molecular formula is C14H14BrNS. The summed E-state index contributed by atoms with van der Waals surface area (Å²) in [4.78, 5) is 2.46. The fourth-order valence-electron chi connectivity index (χ4n) is 1.54. The van der Waals surface area contributed by atoms with Crippen molar-refractivity contribution in [3.8, 4) is 0 Å². The lowest BCUT2D eigenvalue weighted by molar-refractivity contribution is 1.06. The molecule has 2 rings (SSSR count). The summed E-state index contributed by atoms with van der Waals surface area (Å²) in [6.45, 7) is 2.67. The zero-order valence-corrected chi connectivity index (χ0v) is 12.0. The third-order valence-electron chi connectivity index (χ3n) is 2.42. The average molecular weight is 308 g/mol. The summed E-state index contributed by atoms with van der Waals surface area (Å²) in [5, 5.41) is 0. The maximum atomic E-state index is 5.67. The maximum absolute atomic E-state index is 5.67. The highest BCUT2D eigenvalue weighted by Crippen LogP contribution is 2.30. The SMILES string of the molecule is Cc1ccc(Sc2cc(Br)cc(CN)c2)cc1. The minimum atomic E-state index is 0.570. The Bertz CT molecular complexity index is 508. The minimum Gasteiger partial charge on any atom is -0.326 e. The summed E-state index contributed by atoms with van der Waals surface area (Å²) >= 11 is 5.26. The molecule has 0 fully saturated rings. The van der Waals surface area contributed by atoms with E-state index in [1.54, 1.807) is 11.8 Å². The molecule has 0 spiro atoms. The number of aryl methyl sites for hydroxylation is 1. The average Bonchev–Trinajstić information content (AvgIpc) is 2.31. The molecule has 0 aliphatic rings. The topological polar surface area (TPSA) is 26.0 Å². The van der Waals surface area contributed by atoms with Crippen molar-refractivity contribution < 1.29 is 0 Å². The first-order valence-corrected chi connectivity index (χ1v) is 7.02. The van der Waals surface area contributed by atoms with Crippen LogP contribution in [0.1, 0.15) is 11.1 Å². The first-order valence-electron chi connectivity index (χ1n) is 5.41. The second kappa shape index (κ2) is 5.71. The summed E-state index contributed by atoms with van der Waals surface area (Å²) in [6, 6.07) is 14.8. The predicted octanol–water partition coefficient (Wildman–Crippen LogP) is 4.37. The van der Waals surface area contributed by atoms with Crippen molar-refractivity contribution in [3.05, 3.63) is 58.1 Å². The number of benzene rings is 2. The van der Waals surface area contributed by atoms with Gasteiger partial charge in [-0.05, 0) is 42.8 Å². The number of rotatable bonds is 3. The van der Waals surface area contributed by atoms with E-state index >= 15 is 0 Å². The minimum absolute atomic E-state index is 0.570. The van der Waals surface area contributed by atoms with Crippen LogP contribution in [0.2, 0.25) is 0 Å². The van der Waals surface area contributed by atoms with Gasteiger partial charge in [-0.3, -0.25) is 0 Å². The van der Waals surface area contributed by atoms with E-state index in [1.807, 2.05) is 0 Å². The van der Waals surface area contributed by atoms with E-state index in [1.165, 1.54) is 15.4 Å². The molecule has 0 bridgehead atoms. The molecule has 0 aliphatic heterocycles. The molecule has 0 aromatic heterocycles. The van der Waals surface area contributed by atoms with E-state index in [-0.39, 0.29) is 0 Å². The van der Waals surface area contributed by atoms with Crippen LogP contribution in [0.15, 0.2) is 56.7 Å². The summed E-state index contributed by atoms with van der Waals surface area (Å²) in [5.74, 6) is 0.